The monoisotopic (exact) mass is 141 g/mol. The molecule has 0 heterocycles. The van der Waals surface area contributed by atoms with Crippen LogP contribution in [0.15, 0.2) is 0 Å². The Morgan fingerprint density at radius 3 is 2.60 bits per heavy atom. The van der Waals surface area contributed by atoms with E-state index in [4.69, 9.17) is 5.73 Å². The van der Waals surface area contributed by atoms with Crippen molar-refractivity contribution >= 4 is 0 Å². The quantitative estimate of drug-likeness (QED) is 0.595. The summed E-state index contributed by atoms with van der Waals surface area (Å²) in [5, 5.41) is 0. The normalized spacial score (nSPS) is 41.7. The molecule has 2 unspecified atom stereocenters. The molecular weight excluding hydrogens is 122 g/mol. The second-order valence-electron chi connectivity index (χ2n) is 3.86. The third-order valence-corrected chi connectivity index (χ3v) is 3.22. The summed E-state index contributed by atoms with van der Waals surface area (Å²) in [5.41, 5.74) is 6.48. The first-order valence-electron chi connectivity index (χ1n) is 4.44. The van der Waals surface area contributed by atoms with E-state index in [1.165, 1.54) is 32.1 Å². The molecular formula is C9H19N. The van der Waals surface area contributed by atoms with Gasteiger partial charge in [0.15, 0.2) is 0 Å². The molecule has 0 saturated heterocycles. The van der Waals surface area contributed by atoms with Crippen LogP contribution in [0.5, 0.6) is 0 Å². The Labute approximate surface area is 64.0 Å². The maximum Gasteiger partial charge on any atom is 0.00928 e. The highest BCUT2D eigenvalue weighted by Gasteiger charge is 2.31. The van der Waals surface area contributed by atoms with Gasteiger partial charge >= 0.3 is 0 Å². The smallest absolute Gasteiger partial charge is 0.00928 e. The van der Waals surface area contributed by atoms with E-state index in [1.54, 1.807) is 0 Å². The van der Waals surface area contributed by atoms with Crippen LogP contribution < -0.4 is 5.73 Å². The van der Waals surface area contributed by atoms with E-state index in [0.717, 1.165) is 0 Å². The zero-order valence-electron chi connectivity index (χ0n) is 7.19. The minimum absolute atomic E-state index is 0.457. The predicted molar refractivity (Wildman–Crippen MR) is 44.8 cm³/mol. The average molecular weight is 141 g/mol. The minimum Gasteiger partial charge on any atom is -0.327 e. The van der Waals surface area contributed by atoms with Crippen LogP contribution in [-0.4, -0.2) is 6.04 Å². The van der Waals surface area contributed by atoms with Gasteiger partial charge in [-0.15, -0.1) is 0 Å². The van der Waals surface area contributed by atoms with Crippen molar-refractivity contribution in [1.82, 2.24) is 0 Å². The molecule has 60 valence electrons. The van der Waals surface area contributed by atoms with E-state index in [-0.39, 0.29) is 0 Å². The van der Waals surface area contributed by atoms with Gasteiger partial charge in [0, 0.05) is 6.04 Å². The Balaban J connectivity index is 2.54. The van der Waals surface area contributed by atoms with Crippen molar-refractivity contribution in [3.63, 3.8) is 0 Å². The van der Waals surface area contributed by atoms with Crippen LogP contribution in [0.2, 0.25) is 0 Å². The summed E-state index contributed by atoms with van der Waals surface area (Å²) in [6.45, 7) is 4.59. The molecule has 0 aromatic rings. The molecule has 1 aliphatic rings. The van der Waals surface area contributed by atoms with Gasteiger partial charge in [-0.3, -0.25) is 0 Å². The fourth-order valence-electron chi connectivity index (χ4n) is 1.87. The van der Waals surface area contributed by atoms with Crippen LogP contribution in [-0.2, 0) is 0 Å². The number of rotatable bonds is 1. The summed E-state index contributed by atoms with van der Waals surface area (Å²) < 4.78 is 0. The predicted octanol–water partition coefficient (Wildman–Crippen LogP) is 2.30. The van der Waals surface area contributed by atoms with Crippen LogP contribution in [0.25, 0.3) is 0 Å². The van der Waals surface area contributed by atoms with Gasteiger partial charge in [-0.25, -0.2) is 0 Å². The van der Waals surface area contributed by atoms with Crippen molar-refractivity contribution in [1.29, 1.82) is 0 Å². The molecule has 1 nitrogen and oxygen atoms in total. The van der Waals surface area contributed by atoms with Crippen molar-refractivity contribution in [2.24, 2.45) is 11.1 Å². The van der Waals surface area contributed by atoms with Crippen molar-refractivity contribution in [2.45, 2.75) is 52.0 Å². The zero-order valence-corrected chi connectivity index (χ0v) is 7.19. The van der Waals surface area contributed by atoms with Gasteiger partial charge in [0.25, 0.3) is 0 Å². The SMILES string of the molecule is CCC1(C)CCCCC1N. The Morgan fingerprint density at radius 2 is 2.20 bits per heavy atom. The Morgan fingerprint density at radius 1 is 1.50 bits per heavy atom. The Kier molecular flexibility index (Phi) is 2.35. The van der Waals surface area contributed by atoms with Crippen LogP contribution in [0.3, 0.4) is 0 Å². The highest BCUT2D eigenvalue weighted by atomic mass is 14.7. The van der Waals surface area contributed by atoms with Gasteiger partial charge in [-0.2, -0.15) is 0 Å². The summed E-state index contributed by atoms with van der Waals surface area (Å²) in [7, 11) is 0. The minimum atomic E-state index is 0.457. The molecule has 0 aromatic heterocycles. The number of hydrogen-bond acceptors (Lipinski definition) is 1. The third-order valence-electron chi connectivity index (χ3n) is 3.22. The Bertz CT molecular complexity index is 111. The van der Waals surface area contributed by atoms with Crippen molar-refractivity contribution in [2.75, 3.05) is 0 Å². The van der Waals surface area contributed by atoms with Crippen molar-refractivity contribution in [3.8, 4) is 0 Å². The molecule has 1 rings (SSSR count). The molecule has 10 heavy (non-hydrogen) atoms. The van der Waals surface area contributed by atoms with E-state index >= 15 is 0 Å². The fraction of sp³-hybridized carbons (Fsp3) is 1.00. The summed E-state index contributed by atoms with van der Waals surface area (Å²) in [5.74, 6) is 0. The third kappa shape index (κ3) is 1.34. The molecule has 1 heteroatoms. The van der Waals surface area contributed by atoms with Crippen LogP contribution in [0, 0.1) is 5.41 Å². The van der Waals surface area contributed by atoms with Crippen molar-refractivity contribution < 1.29 is 0 Å². The lowest BCUT2D eigenvalue weighted by Crippen LogP contribution is -2.41. The van der Waals surface area contributed by atoms with Crippen molar-refractivity contribution in [3.05, 3.63) is 0 Å². The van der Waals surface area contributed by atoms with Gasteiger partial charge in [0.1, 0.15) is 0 Å². The van der Waals surface area contributed by atoms with E-state index in [1.807, 2.05) is 0 Å². The molecule has 1 saturated carbocycles. The molecule has 0 spiro atoms. The maximum atomic E-state index is 6.02. The highest BCUT2D eigenvalue weighted by molar-refractivity contribution is 4.87. The summed E-state index contributed by atoms with van der Waals surface area (Å²) in [4.78, 5) is 0. The molecule has 1 aliphatic carbocycles. The first kappa shape index (κ1) is 8.06. The average Bonchev–Trinajstić information content (AvgIpc) is 1.96. The molecule has 0 bridgehead atoms. The van der Waals surface area contributed by atoms with Crippen LogP contribution in [0.4, 0.5) is 0 Å². The number of nitrogens with two attached hydrogens (primary N) is 1. The van der Waals surface area contributed by atoms with Gasteiger partial charge in [0.2, 0.25) is 0 Å². The lowest BCUT2D eigenvalue weighted by Gasteiger charge is -2.38. The molecule has 1 fully saturated rings. The van der Waals surface area contributed by atoms with Gasteiger partial charge in [-0.1, -0.05) is 26.7 Å². The second-order valence-corrected chi connectivity index (χ2v) is 3.86. The van der Waals surface area contributed by atoms with Gasteiger partial charge < -0.3 is 5.73 Å². The van der Waals surface area contributed by atoms with Gasteiger partial charge in [-0.05, 0) is 24.7 Å². The lowest BCUT2D eigenvalue weighted by atomic mass is 9.70. The molecule has 0 radical (unpaired) electrons. The van der Waals surface area contributed by atoms with Crippen LogP contribution in [0.1, 0.15) is 46.0 Å². The zero-order chi connectivity index (χ0) is 7.61. The van der Waals surface area contributed by atoms with E-state index in [2.05, 4.69) is 13.8 Å². The largest absolute Gasteiger partial charge is 0.327 e. The van der Waals surface area contributed by atoms with E-state index in [9.17, 15) is 0 Å². The van der Waals surface area contributed by atoms with E-state index in [0.29, 0.717) is 11.5 Å². The number of hydrogen-bond donors (Lipinski definition) is 1. The van der Waals surface area contributed by atoms with Gasteiger partial charge in [0.05, 0.1) is 0 Å². The van der Waals surface area contributed by atoms with Crippen LogP contribution >= 0.6 is 0 Å². The fourth-order valence-corrected chi connectivity index (χ4v) is 1.87. The summed E-state index contributed by atoms with van der Waals surface area (Å²) >= 11 is 0. The highest BCUT2D eigenvalue weighted by Crippen LogP contribution is 2.37. The van der Waals surface area contributed by atoms with E-state index < -0.39 is 0 Å². The maximum absolute atomic E-state index is 6.02. The standard InChI is InChI=1S/C9H19N/c1-3-9(2)7-5-4-6-8(9)10/h8H,3-7,10H2,1-2H3. The molecule has 2 N–H and O–H groups in total. The second kappa shape index (κ2) is 2.91. The summed E-state index contributed by atoms with van der Waals surface area (Å²) in [6.07, 6.45) is 6.55. The molecule has 0 aliphatic heterocycles. The molecule has 0 aromatic carbocycles. The Hall–Kier alpha value is -0.0400. The molecule has 0 amide bonds. The summed E-state index contributed by atoms with van der Waals surface area (Å²) in [6, 6.07) is 0.464. The lowest BCUT2D eigenvalue weighted by molar-refractivity contribution is 0.170. The first-order chi connectivity index (χ1) is 4.69. The topological polar surface area (TPSA) is 26.0 Å². The first-order valence-corrected chi connectivity index (χ1v) is 4.44. The molecule has 2 atom stereocenters.